The van der Waals surface area contributed by atoms with Crippen LogP contribution in [-0.4, -0.2) is 40.5 Å². The Morgan fingerprint density at radius 2 is 1.97 bits per heavy atom. The number of carbonyl (C=O) groups excluding carboxylic acids is 2. The van der Waals surface area contributed by atoms with Gasteiger partial charge in [-0.2, -0.15) is 18.3 Å². The van der Waals surface area contributed by atoms with Crippen molar-refractivity contribution in [3.8, 4) is 17.0 Å². The number of hydrogen-bond donors (Lipinski definition) is 3. The molecule has 0 radical (unpaired) electrons. The minimum absolute atomic E-state index is 0.197. The second kappa shape index (κ2) is 10.3. The maximum absolute atomic E-state index is 13.6. The van der Waals surface area contributed by atoms with Crippen LogP contribution in [0.1, 0.15) is 62.8 Å². The molecule has 0 aliphatic carbocycles. The number of rotatable bonds is 7. The first-order valence-corrected chi connectivity index (χ1v) is 10.6. The molecular weight excluding hydrogens is 487 g/mol. The molecule has 0 aliphatic heterocycles. The van der Waals surface area contributed by atoms with Crippen LogP contribution in [0.2, 0.25) is 0 Å². The number of aromatic nitrogens is 3. The molecule has 2 aromatic heterocycles. The van der Waals surface area contributed by atoms with Crippen LogP contribution in [0.4, 0.5) is 13.2 Å². The summed E-state index contributed by atoms with van der Waals surface area (Å²) >= 11 is 0. The summed E-state index contributed by atoms with van der Waals surface area (Å²) in [7, 11) is -3.01. The highest BCUT2D eigenvalue weighted by atomic mass is 19.4. The van der Waals surface area contributed by atoms with Crippen LogP contribution in [0.3, 0.4) is 0 Å². The molecule has 0 spiro atoms. The first kappa shape index (κ1) is 17.1. The highest BCUT2D eigenvalue weighted by Crippen LogP contribution is 2.35. The molecule has 2 aromatic carbocycles. The van der Waals surface area contributed by atoms with E-state index in [4.69, 9.17) is 15.7 Å². The lowest BCUT2D eigenvalue weighted by atomic mass is 10.00. The Morgan fingerprint density at radius 1 is 1.16 bits per heavy atom. The summed E-state index contributed by atoms with van der Waals surface area (Å²) in [5, 5.41) is 10.9. The summed E-state index contributed by atoms with van der Waals surface area (Å²) in [6, 6.07) is 9.07. The van der Waals surface area contributed by atoms with Crippen molar-refractivity contribution in [2.24, 2.45) is 0 Å². The Balaban J connectivity index is 1.68. The molecule has 37 heavy (non-hydrogen) atoms. The predicted octanol–water partition coefficient (Wildman–Crippen LogP) is 4.89. The molecule has 11 heteroatoms. The average molecular weight is 520 g/mol. The summed E-state index contributed by atoms with van der Waals surface area (Å²) in [5.41, 5.74) is -1.01. The van der Waals surface area contributed by atoms with E-state index < -0.39 is 61.4 Å². The number of pyridine rings is 1. The lowest BCUT2D eigenvalue weighted by Gasteiger charge is -2.20. The highest BCUT2D eigenvalue weighted by molar-refractivity contribution is 6.05. The van der Waals surface area contributed by atoms with Gasteiger partial charge in [-0.05, 0) is 49.2 Å². The number of nitrogens with one attached hydrogen (secondary N) is 3. The van der Waals surface area contributed by atoms with Gasteiger partial charge in [0.15, 0.2) is 5.69 Å². The van der Waals surface area contributed by atoms with E-state index in [1.165, 1.54) is 55.6 Å². The second-order valence-corrected chi connectivity index (χ2v) is 7.87. The molecule has 3 N–H and O–H groups in total. The van der Waals surface area contributed by atoms with Gasteiger partial charge in [0.2, 0.25) is 5.88 Å². The van der Waals surface area contributed by atoms with Gasteiger partial charge in [0.05, 0.1) is 28.3 Å². The molecule has 1 atom stereocenters. The van der Waals surface area contributed by atoms with Crippen molar-refractivity contribution >= 4 is 22.7 Å². The first-order valence-electron chi connectivity index (χ1n) is 14.6. The minimum Gasteiger partial charge on any atom is -0.480 e. The molecule has 192 valence electrons. The zero-order valence-electron chi connectivity index (χ0n) is 27.0. The summed E-state index contributed by atoms with van der Waals surface area (Å²) in [6.07, 6.45) is -3.50. The largest absolute Gasteiger partial charge is 0.480 e. The van der Waals surface area contributed by atoms with Gasteiger partial charge in [0, 0.05) is 30.5 Å². The maximum Gasteiger partial charge on any atom is 0.416 e. The first-order chi connectivity index (χ1) is 20.7. The predicted molar refractivity (Wildman–Crippen MR) is 131 cm³/mol. The number of nitrogens with zero attached hydrogens (tertiary/aromatic N) is 2. The van der Waals surface area contributed by atoms with Gasteiger partial charge in [-0.3, -0.25) is 14.7 Å². The standard InChI is InChI=1S/C26H24F3N5O3/c1-4-30-24(36)22-18-10-9-15(12-21(18)33-34-22)16-11-19(25(37-3)31-13-16)23(35)32-14(2)17-7-5-6-8-20(17)26(27,28)29/h5-14H,4H2,1-3H3,(H,30,36)(H,32,35)(H,33,34)/t14-/m0/s1/i1D3,3D3,4D2. The van der Waals surface area contributed by atoms with Crippen LogP contribution < -0.4 is 15.4 Å². The average Bonchev–Trinajstić information content (AvgIpc) is 3.34. The van der Waals surface area contributed by atoms with Gasteiger partial charge >= 0.3 is 6.18 Å². The van der Waals surface area contributed by atoms with Gasteiger partial charge in [-0.15, -0.1) is 0 Å². The lowest BCUT2D eigenvalue weighted by molar-refractivity contribution is -0.138. The number of alkyl halides is 3. The van der Waals surface area contributed by atoms with Crippen LogP contribution in [0.25, 0.3) is 22.0 Å². The number of aromatic amines is 1. The van der Waals surface area contributed by atoms with Crippen molar-refractivity contribution in [1.29, 1.82) is 0 Å². The fourth-order valence-corrected chi connectivity index (χ4v) is 3.83. The van der Waals surface area contributed by atoms with E-state index in [1.807, 2.05) is 0 Å². The van der Waals surface area contributed by atoms with Gasteiger partial charge in [0.1, 0.15) is 5.56 Å². The lowest BCUT2D eigenvalue weighted by Crippen LogP contribution is -2.29. The highest BCUT2D eigenvalue weighted by Gasteiger charge is 2.34. The molecule has 0 aliphatic rings. The van der Waals surface area contributed by atoms with E-state index in [9.17, 15) is 22.8 Å². The van der Waals surface area contributed by atoms with Gasteiger partial charge in [-0.1, -0.05) is 24.3 Å². The molecule has 2 heterocycles. The Kier molecular flexibility index (Phi) is 4.76. The van der Waals surface area contributed by atoms with Gasteiger partial charge in [-0.25, -0.2) is 4.98 Å². The van der Waals surface area contributed by atoms with Crippen LogP contribution in [0.5, 0.6) is 5.88 Å². The van der Waals surface area contributed by atoms with E-state index in [-0.39, 0.29) is 27.7 Å². The number of benzene rings is 2. The van der Waals surface area contributed by atoms with Gasteiger partial charge in [0.25, 0.3) is 11.8 Å². The molecular formula is C26H24F3N5O3. The summed E-state index contributed by atoms with van der Waals surface area (Å²) in [5.74, 6) is -2.67. The Labute approximate surface area is 221 Å². The smallest absolute Gasteiger partial charge is 0.416 e. The monoisotopic (exact) mass is 519 g/mol. The fourth-order valence-electron chi connectivity index (χ4n) is 3.83. The number of methoxy groups -OCH3 is 1. The van der Waals surface area contributed by atoms with Crippen LogP contribution in [0.15, 0.2) is 54.7 Å². The molecule has 4 aromatic rings. The van der Waals surface area contributed by atoms with Crippen molar-refractivity contribution in [1.82, 2.24) is 25.8 Å². The summed E-state index contributed by atoms with van der Waals surface area (Å²) in [4.78, 5) is 29.9. The second-order valence-electron chi connectivity index (χ2n) is 7.87. The molecule has 0 fully saturated rings. The number of carbonyl (C=O) groups is 2. The number of H-pyrrole nitrogens is 1. The van der Waals surface area contributed by atoms with E-state index >= 15 is 0 Å². The van der Waals surface area contributed by atoms with Crippen molar-refractivity contribution in [2.45, 2.75) is 26.0 Å². The van der Waals surface area contributed by atoms with Crippen molar-refractivity contribution in [3.05, 3.63) is 77.1 Å². The molecule has 0 unspecified atom stereocenters. The number of halogens is 3. The Morgan fingerprint density at radius 3 is 2.73 bits per heavy atom. The quantitative estimate of drug-likeness (QED) is 0.322. The maximum atomic E-state index is 13.6. The third-order valence-corrected chi connectivity index (χ3v) is 5.56. The molecule has 0 saturated heterocycles. The van der Waals surface area contributed by atoms with E-state index in [0.717, 1.165) is 6.07 Å². The molecule has 2 amide bonds. The van der Waals surface area contributed by atoms with Crippen molar-refractivity contribution in [3.63, 3.8) is 0 Å². The number of fused-ring (bicyclic) bond motifs is 1. The molecule has 0 bridgehead atoms. The van der Waals surface area contributed by atoms with E-state index in [1.54, 1.807) is 5.32 Å². The van der Waals surface area contributed by atoms with Crippen molar-refractivity contribution < 1.29 is 38.5 Å². The van der Waals surface area contributed by atoms with Crippen molar-refractivity contribution in [2.75, 3.05) is 13.5 Å². The number of ether oxygens (including phenoxy) is 1. The Bertz CT molecular complexity index is 1760. The Hall–Kier alpha value is -4.41. The normalized spacial score (nSPS) is 16.5. The zero-order valence-corrected chi connectivity index (χ0v) is 19.0. The third-order valence-electron chi connectivity index (χ3n) is 5.56. The summed E-state index contributed by atoms with van der Waals surface area (Å²) < 4.78 is 105. The summed E-state index contributed by atoms with van der Waals surface area (Å²) in [6.45, 7) is -4.86. The molecule has 0 saturated carbocycles. The van der Waals surface area contributed by atoms with Crippen LogP contribution >= 0.6 is 0 Å². The van der Waals surface area contributed by atoms with E-state index in [0.29, 0.717) is 5.56 Å². The van der Waals surface area contributed by atoms with E-state index in [2.05, 4.69) is 20.5 Å². The third kappa shape index (κ3) is 5.25. The topological polar surface area (TPSA) is 109 Å². The van der Waals surface area contributed by atoms with Crippen LogP contribution in [0, 0.1) is 0 Å². The molecule has 4 rings (SSSR count). The fraction of sp³-hybridized carbons (Fsp3) is 0.231. The zero-order chi connectivity index (χ0) is 33.5. The number of hydrogen-bond acceptors (Lipinski definition) is 5. The molecule has 8 nitrogen and oxygen atoms in total. The van der Waals surface area contributed by atoms with Crippen LogP contribution in [-0.2, 0) is 6.18 Å². The minimum atomic E-state index is -4.69. The number of amides is 2. The van der Waals surface area contributed by atoms with Gasteiger partial charge < -0.3 is 15.4 Å². The SMILES string of the molecule is [2H]C([2H])([2H])Oc1ncc(-c2ccc3c(C(=O)NC([2H])([2H])C([2H])([2H])[2H])n[nH]c3c2)cc1C(=O)N[C@@H](C)c1ccccc1C(F)(F)F.